The van der Waals surface area contributed by atoms with Crippen LogP contribution >= 0.6 is 15.9 Å². The molecule has 4 nitrogen and oxygen atoms in total. The smallest absolute Gasteiger partial charge is 0.193 e. The van der Waals surface area contributed by atoms with Gasteiger partial charge in [0.1, 0.15) is 18.5 Å². The van der Waals surface area contributed by atoms with Gasteiger partial charge in [-0.15, -0.1) is 0 Å². The minimum absolute atomic E-state index is 0.0422. The number of benzene rings is 3. The molecular weight excluding hydrogens is 466 g/mol. The fraction of sp³-hybridized carbons (Fsp3) is 0.111. The third-order valence-corrected chi connectivity index (χ3v) is 5.61. The molecule has 0 saturated heterocycles. The summed E-state index contributed by atoms with van der Waals surface area (Å²) in [5.74, 6) is 0.570. The maximum atomic E-state index is 12.6. The summed E-state index contributed by atoms with van der Waals surface area (Å²) < 4.78 is 8.57. The lowest BCUT2D eigenvalue weighted by Crippen LogP contribution is -2.41. The van der Waals surface area contributed by atoms with Crippen molar-refractivity contribution in [3.63, 3.8) is 0 Å². The molecule has 0 amide bonds. The van der Waals surface area contributed by atoms with Gasteiger partial charge in [0.05, 0.1) is 0 Å². The minimum Gasteiger partial charge on any atom is -0.491 e. The van der Waals surface area contributed by atoms with Crippen molar-refractivity contribution in [1.82, 2.24) is 0 Å². The summed E-state index contributed by atoms with van der Waals surface area (Å²) in [5.41, 5.74) is 3.51. The second-order valence-electron chi connectivity index (χ2n) is 7.47. The summed E-state index contributed by atoms with van der Waals surface area (Å²) in [5, 5.41) is 10.4. The molecule has 1 unspecified atom stereocenters. The summed E-state index contributed by atoms with van der Waals surface area (Å²) in [7, 11) is 0. The number of carbonyl (C=O) groups excluding carboxylic acids is 1. The average molecular weight is 489 g/mol. The van der Waals surface area contributed by atoms with Gasteiger partial charge >= 0.3 is 0 Å². The van der Waals surface area contributed by atoms with Gasteiger partial charge in [0.15, 0.2) is 24.7 Å². The number of nitrogens with zero attached hydrogens (tertiary/aromatic N) is 1. The van der Waals surface area contributed by atoms with Crippen LogP contribution in [0.5, 0.6) is 5.75 Å². The number of pyridine rings is 1. The topological polar surface area (TPSA) is 50.4 Å². The van der Waals surface area contributed by atoms with Gasteiger partial charge in [-0.1, -0.05) is 46.3 Å². The number of rotatable bonds is 8. The molecule has 32 heavy (non-hydrogen) atoms. The van der Waals surface area contributed by atoms with Crippen LogP contribution in [-0.4, -0.2) is 23.6 Å². The summed E-state index contributed by atoms with van der Waals surface area (Å²) >= 11 is 3.37. The number of ketones is 1. The number of aliphatic hydroxyl groups excluding tert-OH is 1. The zero-order valence-electron chi connectivity index (χ0n) is 17.4. The van der Waals surface area contributed by atoms with Crippen molar-refractivity contribution in [3.05, 3.63) is 119 Å². The highest BCUT2D eigenvalue weighted by Crippen LogP contribution is 2.18. The fourth-order valence-corrected chi connectivity index (χ4v) is 3.63. The molecule has 0 saturated carbocycles. The third-order valence-electron chi connectivity index (χ3n) is 5.09. The van der Waals surface area contributed by atoms with Gasteiger partial charge < -0.3 is 9.84 Å². The predicted octanol–water partition coefficient (Wildman–Crippen LogP) is 5.07. The molecule has 1 N–H and O–H groups in total. The van der Waals surface area contributed by atoms with Crippen LogP contribution in [0.4, 0.5) is 0 Å². The van der Waals surface area contributed by atoms with Crippen molar-refractivity contribution in [1.29, 1.82) is 0 Å². The molecule has 0 fully saturated rings. The largest absolute Gasteiger partial charge is 0.491 e. The molecule has 4 rings (SSSR count). The molecule has 1 heterocycles. The Morgan fingerprint density at radius 1 is 0.812 bits per heavy atom. The Balaban J connectivity index is 1.29. The van der Waals surface area contributed by atoms with Crippen LogP contribution in [0.2, 0.25) is 0 Å². The Hall–Kier alpha value is -3.28. The van der Waals surface area contributed by atoms with Crippen LogP contribution < -0.4 is 9.30 Å². The van der Waals surface area contributed by atoms with E-state index in [1.807, 2.05) is 59.4 Å². The Morgan fingerprint density at radius 3 is 2.00 bits per heavy atom. The lowest BCUT2D eigenvalue weighted by Gasteiger charge is -2.11. The normalized spacial score (nSPS) is 11.7. The maximum absolute atomic E-state index is 12.6. The zero-order valence-corrected chi connectivity index (χ0v) is 19.0. The van der Waals surface area contributed by atoms with Crippen LogP contribution in [0, 0.1) is 0 Å². The highest BCUT2D eigenvalue weighted by Gasteiger charge is 2.13. The Labute approximate surface area is 195 Å². The molecule has 3 aromatic carbocycles. The first-order valence-corrected chi connectivity index (χ1v) is 11.1. The first kappa shape index (κ1) is 21.9. The molecule has 0 aliphatic heterocycles. The van der Waals surface area contributed by atoms with Crippen molar-refractivity contribution < 1.29 is 19.2 Å². The second-order valence-corrected chi connectivity index (χ2v) is 8.39. The van der Waals surface area contributed by atoms with Gasteiger partial charge in [0.25, 0.3) is 0 Å². The number of aliphatic hydroxyl groups is 1. The average Bonchev–Trinajstić information content (AvgIpc) is 2.84. The van der Waals surface area contributed by atoms with Crippen molar-refractivity contribution >= 4 is 21.7 Å². The summed E-state index contributed by atoms with van der Waals surface area (Å²) in [6.07, 6.45) is 3.24. The number of carbonyl (C=O) groups is 1. The number of hydrogen-bond acceptors (Lipinski definition) is 3. The van der Waals surface area contributed by atoms with E-state index >= 15 is 0 Å². The van der Waals surface area contributed by atoms with Crippen LogP contribution in [-0.2, 0) is 6.54 Å². The standard InChI is InChI=1S/C27H23BrNO3/c28-24-10-6-22(7-11-24)27(31)23-8-12-26(13-9-23)32-19-25(30)18-29-16-14-21(15-17-29)20-4-2-1-3-5-20/h1-17,25,30H,18-19H2/q+1. The van der Waals surface area contributed by atoms with E-state index in [0.717, 1.165) is 15.6 Å². The number of hydrogen-bond donors (Lipinski definition) is 1. The molecule has 160 valence electrons. The highest BCUT2D eigenvalue weighted by atomic mass is 79.9. The van der Waals surface area contributed by atoms with E-state index in [4.69, 9.17) is 4.74 Å². The first-order valence-electron chi connectivity index (χ1n) is 10.3. The summed E-state index contributed by atoms with van der Waals surface area (Å²) in [4.78, 5) is 12.6. The summed E-state index contributed by atoms with van der Waals surface area (Å²) in [6.45, 7) is 0.586. The van der Waals surface area contributed by atoms with E-state index in [-0.39, 0.29) is 12.4 Å². The molecule has 0 aliphatic carbocycles. The minimum atomic E-state index is -0.661. The third kappa shape index (κ3) is 5.69. The van der Waals surface area contributed by atoms with E-state index in [1.165, 1.54) is 0 Å². The van der Waals surface area contributed by atoms with Gasteiger partial charge in [0.2, 0.25) is 0 Å². The Morgan fingerprint density at radius 2 is 1.38 bits per heavy atom. The van der Waals surface area contributed by atoms with Crippen LogP contribution in [0.15, 0.2) is 108 Å². The Bertz CT molecular complexity index is 1160. The van der Waals surface area contributed by atoms with Gasteiger partial charge in [-0.05, 0) is 59.7 Å². The number of ether oxygens (including phenoxy) is 1. The van der Waals surface area contributed by atoms with Crippen LogP contribution in [0.3, 0.4) is 0 Å². The highest BCUT2D eigenvalue weighted by molar-refractivity contribution is 9.10. The zero-order chi connectivity index (χ0) is 22.3. The van der Waals surface area contributed by atoms with Gasteiger partial charge in [-0.25, -0.2) is 4.57 Å². The van der Waals surface area contributed by atoms with Crippen molar-refractivity contribution in [2.45, 2.75) is 12.6 Å². The molecule has 1 aromatic heterocycles. The van der Waals surface area contributed by atoms with Crippen LogP contribution in [0.1, 0.15) is 15.9 Å². The molecule has 5 heteroatoms. The molecule has 1 atom stereocenters. The van der Waals surface area contributed by atoms with Crippen molar-refractivity contribution in [2.24, 2.45) is 0 Å². The summed E-state index contributed by atoms with van der Waals surface area (Å²) in [6, 6.07) is 28.5. The molecule has 0 spiro atoms. The maximum Gasteiger partial charge on any atom is 0.193 e. The quantitative estimate of drug-likeness (QED) is 0.278. The van der Waals surface area contributed by atoms with E-state index in [9.17, 15) is 9.90 Å². The predicted molar refractivity (Wildman–Crippen MR) is 128 cm³/mol. The van der Waals surface area contributed by atoms with Gasteiger partial charge in [-0.2, -0.15) is 0 Å². The van der Waals surface area contributed by atoms with Crippen LogP contribution in [0.25, 0.3) is 11.1 Å². The van der Waals surface area contributed by atoms with Gasteiger partial charge in [0, 0.05) is 27.7 Å². The molecule has 4 aromatic rings. The molecule has 0 radical (unpaired) electrons. The monoisotopic (exact) mass is 488 g/mol. The van der Waals surface area contributed by atoms with E-state index in [1.54, 1.807) is 36.4 Å². The molecular formula is C27H23BrNO3+. The van der Waals surface area contributed by atoms with E-state index in [0.29, 0.717) is 23.4 Å². The van der Waals surface area contributed by atoms with Crippen molar-refractivity contribution in [3.8, 4) is 16.9 Å². The number of aromatic nitrogens is 1. The lowest BCUT2D eigenvalue weighted by atomic mass is 10.0. The Kier molecular flexibility index (Phi) is 7.10. The molecule has 0 bridgehead atoms. The van der Waals surface area contributed by atoms with Gasteiger partial charge in [-0.3, -0.25) is 4.79 Å². The SMILES string of the molecule is O=C(c1ccc(Br)cc1)c1ccc(OCC(O)C[n+]2ccc(-c3ccccc3)cc2)cc1. The number of halogens is 1. The van der Waals surface area contributed by atoms with Crippen molar-refractivity contribution in [2.75, 3.05) is 6.61 Å². The molecule has 0 aliphatic rings. The van der Waals surface area contributed by atoms with E-state index in [2.05, 4.69) is 28.1 Å². The fourth-order valence-electron chi connectivity index (χ4n) is 3.36. The van der Waals surface area contributed by atoms with E-state index < -0.39 is 6.10 Å². The second kappa shape index (κ2) is 10.4. The lowest BCUT2D eigenvalue weighted by molar-refractivity contribution is -0.703. The first-order chi connectivity index (χ1) is 15.6.